The quantitative estimate of drug-likeness (QED) is 0.738. The van der Waals surface area contributed by atoms with E-state index in [-0.39, 0.29) is 5.54 Å². The van der Waals surface area contributed by atoms with Crippen LogP contribution in [0.2, 0.25) is 5.02 Å². The van der Waals surface area contributed by atoms with Crippen molar-refractivity contribution in [2.45, 2.75) is 24.8 Å². The van der Waals surface area contributed by atoms with Gasteiger partial charge < -0.3 is 11.5 Å². The third-order valence-corrected chi connectivity index (χ3v) is 3.24. The van der Waals surface area contributed by atoms with E-state index in [0.29, 0.717) is 6.54 Å². The van der Waals surface area contributed by atoms with Crippen molar-refractivity contribution in [3.8, 4) is 0 Å². The zero-order valence-corrected chi connectivity index (χ0v) is 8.85. The fourth-order valence-electron chi connectivity index (χ4n) is 2.03. The number of hydrogen-bond acceptors (Lipinski definition) is 2. The molecule has 76 valence electrons. The summed E-state index contributed by atoms with van der Waals surface area (Å²) in [6.45, 7) is 0.551. The van der Waals surface area contributed by atoms with Gasteiger partial charge in [0.05, 0.1) is 0 Å². The predicted octanol–water partition coefficient (Wildman–Crippen LogP) is 1.48. The lowest BCUT2D eigenvalue weighted by Crippen LogP contribution is -2.51. The Hall–Kier alpha value is -0.570. The Balaban J connectivity index is 2.31. The van der Waals surface area contributed by atoms with E-state index in [4.69, 9.17) is 23.1 Å². The molecule has 1 atom stereocenters. The van der Waals surface area contributed by atoms with Gasteiger partial charge in [0.1, 0.15) is 0 Å². The number of rotatable bonds is 1. The van der Waals surface area contributed by atoms with Gasteiger partial charge in [-0.1, -0.05) is 17.7 Å². The molecule has 0 saturated heterocycles. The Kier molecular flexibility index (Phi) is 2.52. The summed E-state index contributed by atoms with van der Waals surface area (Å²) in [7, 11) is 0. The van der Waals surface area contributed by atoms with Gasteiger partial charge >= 0.3 is 0 Å². The number of fused-ring (bicyclic) bond motifs is 1. The zero-order chi connectivity index (χ0) is 10.2. The largest absolute Gasteiger partial charge is 0.329 e. The fourth-order valence-corrected chi connectivity index (χ4v) is 2.22. The van der Waals surface area contributed by atoms with Crippen molar-refractivity contribution in [2.24, 2.45) is 11.5 Å². The maximum atomic E-state index is 6.15. The van der Waals surface area contributed by atoms with Gasteiger partial charge in [0.25, 0.3) is 0 Å². The minimum atomic E-state index is -0.208. The summed E-state index contributed by atoms with van der Waals surface area (Å²) in [4.78, 5) is 0. The van der Waals surface area contributed by atoms with E-state index >= 15 is 0 Å². The smallest absolute Gasteiger partial charge is 0.0408 e. The van der Waals surface area contributed by atoms with Crippen molar-refractivity contribution in [3.05, 3.63) is 34.3 Å². The molecule has 0 aliphatic heterocycles. The lowest BCUT2D eigenvalue weighted by Gasteiger charge is -2.33. The molecule has 4 N–H and O–H groups in total. The SMILES string of the molecule is NCC1(N)CCc2cc(Cl)ccc2C1. The first-order valence-electron chi connectivity index (χ1n) is 4.89. The molecule has 1 aromatic carbocycles. The zero-order valence-electron chi connectivity index (χ0n) is 8.09. The Morgan fingerprint density at radius 3 is 2.86 bits per heavy atom. The molecule has 0 aromatic heterocycles. The van der Waals surface area contributed by atoms with E-state index < -0.39 is 0 Å². The van der Waals surface area contributed by atoms with Crippen molar-refractivity contribution in [2.75, 3.05) is 6.54 Å². The molecule has 1 aliphatic rings. The second-order valence-electron chi connectivity index (χ2n) is 4.16. The Labute approximate surface area is 89.2 Å². The van der Waals surface area contributed by atoms with Gasteiger partial charge in [-0.15, -0.1) is 0 Å². The third-order valence-electron chi connectivity index (χ3n) is 3.01. The Morgan fingerprint density at radius 1 is 1.36 bits per heavy atom. The van der Waals surface area contributed by atoms with Crippen LogP contribution in [0, 0.1) is 0 Å². The topological polar surface area (TPSA) is 52.0 Å². The molecule has 0 fully saturated rings. The van der Waals surface area contributed by atoms with Crippen LogP contribution in [-0.2, 0) is 12.8 Å². The summed E-state index contributed by atoms with van der Waals surface area (Å²) in [6, 6.07) is 6.02. The van der Waals surface area contributed by atoms with E-state index in [1.807, 2.05) is 12.1 Å². The van der Waals surface area contributed by atoms with Gasteiger partial charge in [-0.3, -0.25) is 0 Å². The van der Waals surface area contributed by atoms with Crippen molar-refractivity contribution in [3.63, 3.8) is 0 Å². The normalized spacial score (nSPS) is 25.9. The minimum absolute atomic E-state index is 0.208. The first-order valence-corrected chi connectivity index (χ1v) is 5.27. The molecule has 1 aromatic rings. The molecule has 2 nitrogen and oxygen atoms in total. The summed E-state index contributed by atoms with van der Waals surface area (Å²) in [5, 5.41) is 0.806. The average Bonchev–Trinajstić information content (AvgIpc) is 2.19. The van der Waals surface area contributed by atoms with Crippen LogP contribution in [0.1, 0.15) is 17.5 Å². The van der Waals surface area contributed by atoms with E-state index in [2.05, 4.69) is 6.07 Å². The van der Waals surface area contributed by atoms with E-state index in [1.165, 1.54) is 11.1 Å². The molecule has 0 bridgehead atoms. The van der Waals surface area contributed by atoms with Crippen molar-refractivity contribution in [1.29, 1.82) is 0 Å². The van der Waals surface area contributed by atoms with Crippen LogP contribution >= 0.6 is 11.6 Å². The van der Waals surface area contributed by atoms with Crippen LogP contribution in [0.25, 0.3) is 0 Å². The highest BCUT2D eigenvalue weighted by Crippen LogP contribution is 2.28. The lowest BCUT2D eigenvalue weighted by atomic mass is 9.79. The van der Waals surface area contributed by atoms with Crippen molar-refractivity contribution < 1.29 is 0 Å². The highest BCUT2D eigenvalue weighted by atomic mass is 35.5. The predicted molar refractivity (Wildman–Crippen MR) is 59.4 cm³/mol. The molecule has 0 saturated carbocycles. The van der Waals surface area contributed by atoms with Gasteiger partial charge in [0, 0.05) is 17.1 Å². The van der Waals surface area contributed by atoms with Crippen LogP contribution in [0.15, 0.2) is 18.2 Å². The van der Waals surface area contributed by atoms with E-state index in [9.17, 15) is 0 Å². The van der Waals surface area contributed by atoms with Crippen LogP contribution in [0.4, 0.5) is 0 Å². The second kappa shape index (κ2) is 3.54. The van der Waals surface area contributed by atoms with Crippen molar-refractivity contribution in [1.82, 2.24) is 0 Å². The number of halogens is 1. The summed E-state index contributed by atoms with van der Waals surface area (Å²) >= 11 is 5.93. The highest BCUT2D eigenvalue weighted by Gasteiger charge is 2.28. The van der Waals surface area contributed by atoms with E-state index in [1.54, 1.807) is 0 Å². The number of nitrogens with two attached hydrogens (primary N) is 2. The molecule has 3 heteroatoms. The second-order valence-corrected chi connectivity index (χ2v) is 4.59. The molecule has 0 radical (unpaired) electrons. The number of aryl methyl sites for hydroxylation is 1. The number of hydrogen-bond donors (Lipinski definition) is 2. The maximum absolute atomic E-state index is 6.15. The molecule has 0 heterocycles. The fraction of sp³-hybridized carbons (Fsp3) is 0.455. The lowest BCUT2D eigenvalue weighted by molar-refractivity contribution is 0.382. The molecule has 0 amide bonds. The van der Waals surface area contributed by atoms with Gasteiger partial charge in [0.2, 0.25) is 0 Å². The molecule has 2 rings (SSSR count). The molecule has 0 spiro atoms. The summed E-state index contributed by atoms with van der Waals surface area (Å²) in [5.41, 5.74) is 14.2. The van der Waals surface area contributed by atoms with Crippen LogP contribution in [0.3, 0.4) is 0 Å². The summed E-state index contributed by atoms with van der Waals surface area (Å²) in [6.07, 6.45) is 2.82. The first kappa shape index (κ1) is 9.97. The standard InChI is InChI=1S/C11H15ClN2/c12-10-2-1-9-6-11(14,7-13)4-3-8(9)5-10/h1-2,5H,3-4,6-7,13-14H2. The Bertz CT molecular complexity index is 351. The highest BCUT2D eigenvalue weighted by molar-refractivity contribution is 6.30. The molecule has 14 heavy (non-hydrogen) atoms. The monoisotopic (exact) mass is 210 g/mol. The molecule has 1 unspecified atom stereocenters. The van der Waals surface area contributed by atoms with Crippen LogP contribution < -0.4 is 11.5 Å². The number of benzene rings is 1. The molecular formula is C11H15ClN2. The maximum Gasteiger partial charge on any atom is 0.0408 e. The molecule has 1 aliphatic carbocycles. The van der Waals surface area contributed by atoms with Crippen molar-refractivity contribution >= 4 is 11.6 Å². The third kappa shape index (κ3) is 1.78. The molecular weight excluding hydrogens is 196 g/mol. The summed E-state index contributed by atoms with van der Waals surface area (Å²) in [5.74, 6) is 0. The van der Waals surface area contributed by atoms with Crippen LogP contribution in [0.5, 0.6) is 0 Å². The van der Waals surface area contributed by atoms with Gasteiger partial charge in [-0.25, -0.2) is 0 Å². The Morgan fingerprint density at radius 2 is 2.14 bits per heavy atom. The van der Waals surface area contributed by atoms with Gasteiger partial charge in [-0.05, 0) is 42.5 Å². The minimum Gasteiger partial charge on any atom is -0.329 e. The first-order chi connectivity index (χ1) is 6.63. The van der Waals surface area contributed by atoms with Gasteiger partial charge in [0.15, 0.2) is 0 Å². The van der Waals surface area contributed by atoms with Crippen LogP contribution in [-0.4, -0.2) is 12.1 Å². The average molecular weight is 211 g/mol. The van der Waals surface area contributed by atoms with E-state index in [0.717, 1.165) is 24.3 Å². The summed E-state index contributed by atoms with van der Waals surface area (Å²) < 4.78 is 0. The van der Waals surface area contributed by atoms with Gasteiger partial charge in [-0.2, -0.15) is 0 Å².